The van der Waals surface area contributed by atoms with Crippen molar-refractivity contribution in [3.8, 4) is 0 Å². The molecule has 0 radical (unpaired) electrons. The zero-order chi connectivity index (χ0) is 16.2. The summed E-state index contributed by atoms with van der Waals surface area (Å²) in [5.74, 6) is 0.943. The molecular weight excluding hydrogens is 330 g/mol. The Morgan fingerprint density at radius 1 is 0.920 bits per heavy atom. The van der Waals surface area contributed by atoms with Crippen LogP contribution in [0.2, 0.25) is 0 Å². The van der Waals surface area contributed by atoms with E-state index in [1.165, 1.54) is 83.5 Å². The molecule has 3 aliphatic heterocycles. The lowest BCUT2D eigenvalue weighted by atomic mass is 9.77. The molecule has 0 atom stereocenters. The summed E-state index contributed by atoms with van der Waals surface area (Å²) in [4.78, 5) is 5.46. The van der Waals surface area contributed by atoms with Gasteiger partial charge in [0, 0.05) is 19.6 Å². The van der Waals surface area contributed by atoms with E-state index >= 15 is 0 Å². The highest BCUT2D eigenvalue weighted by Crippen LogP contribution is 2.41. The van der Waals surface area contributed by atoms with Crippen LogP contribution in [0, 0.1) is 11.3 Å². The van der Waals surface area contributed by atoms with Gasteiger partial charge < -0.3 is 10.2 Å². The fourth-order valence-electron chi connectivity index (χ4n) is 5.05. The van der Waals surface area contributed by atoms with Crippen molar-refractivity contribution in [2.45, 2.75) is 38.6 Å². The largest absolute Gasteiger partial charge is 0.317 e. The molecule has 4 heteroatoms. The molecule has 0 aromatic heterocycles. The van der Waals surface area contributed by atoms with Crippen LogP contribution in [0.1, 0.15) is 37.7 Å². The Morgan fingerprint density at radius 2 is 1.56 bits per heavy atom. The molecular formula is C21H34ClN3. The van der Waals surface area contributed by atoms with Crippen LogP contribution in [-0.4, -0.2) is 55.6 Å². The van der Waals surface area contributed by atoms with E-state index in [1.807, 2.05) is 0 Å². The molecule has 3 nitrogen and oxygen atoms in total. The Balaban J connectivity index is 0.00000182. The minimum atomic E-state index is 0. The Kier molecular flexibility index (Phi) is 6.79. The van der Waals surface area contributed by atoms with E-state index in [9.17, 15) is 0 Å². The van der Waals surface area contributed by atoms with Gasteiger partial charge in [-0.3, -0.25) is 4.90 Å². The first-order valence-corrected chi connectivity index (χ1v) is 10.0. The second-order valence-corrected chi connectivity index (χ2v) is 8.44. The van der Waals surface area contributed by atoms with Gasteiger partial charge in [0.25, 0.3) is 0 Å². The predicted octanol–water partition coefficient (Wildman–Crippen LogP) is 3.40. The summed E-state index contributed by atoms with van der Waals surface area (Å²) in [6.07, 6.45) is 7.02. The second kappa shape index (κ2) is 8.85. The molecule has 4 rings (SSSR count). The highest BCUT2D eigenvalue weighted by Gasteiger charge is 2.40. The molecule has 140 valence electrons. The van der Waals surface area contributed by atoms with Crippen molar-refractivity contribution < 1.29 is 0 Å². The average Bonchev–Trinajstić information content (AvgIpc) is 3.01. The van der Waals surface area contributed by atoms with Gasteiger partial charge in [0.05, 0.1) is 0 Å². The van der Waals surface area contributed by atoms with Gasteiger partial charge in [-0.05, 0) is 81.7 Å². The molecule has 3 saturated heterocycles. The van der Waals surface area contributed by atoms with Gasteiger partial charge in [0.1, 0.15) is 0 Å². The number of nitrogens with one attached hydrogen (secondary N) is 1. The van der Waals surface area contributed by atoms with Crippen LogP contribution >= 0.6 is 12.4 Å². The third-order valence-electron chi connectivity index (χ3n) is 6.66. The van der Waals surface area contributed by atoms with Crippen molar-refractivity contribution in [3.63, 3.8) is 0 Å². The Bertz CT molecular complexity index is 507. The minimum Gasteiger partial charge on any atom is -0.317 e. The number of rotatable bonds is 4. The standard InChI is InChI=1S/C21H33N3.ClH/c1-2-4-19(5-3-1)17-24-15-10-21(18-24)8-13-23(14-9-21)16-20-6-11-22-12-7-20;/h1-5,20,22H,6-18H2;1H. The van der Waals surface area contributed by atoms with Crippen LogP contribution in [0.25, 0.3) is 0 Å². The summed E-state index contributed by atoms with van der Waals surface area (Å²) < 4.78 is 0. The zero-order valence-electron chi connectivity index (χ0n) is 15.5. The van der Waals surface area contributed by atoms with E-state index in [0.29, 0.717) is 5.41 Å². The Labute approximate surface area is 159 Å². The molecule has 1 aromatic rings. The van der Waals surface area contributed by atoms with Gasteiger partial charge in [0.15, 0.2) is 0 Å². The van der Waals surface area contributed by atoms with Gasteiger partial charge in [-0.25, -0.2) is 0 Å². The fourth-order valence-corrected chi connectivity index (χ4v) is 5.05. The first-order chi connectivity index (χ1) is 11.8. The van der Waals surface area contributed by atoms with E-state index in [0.717, 1.165) is 12.5 Å². The molecule has 1 aromatic carbocycles. The minimum absolute atomic E-state index is 0. The number of nitrogens with zero attached hydrogens (tertiary/aromatic N) is 2. The van der Waals surface area contributed by atoms with Crippen molar-refractivity contribution >= 4 is 12.4 Å². The molecule has 0 aliphatic carbocycles. The Morgan fingerprint density at radius 3 is 2.24 bits per heavy atom. The molecule has 3 fully saturated rings. The first kappa shape index (κ1) is 19.2. The maximum atomic E-state index is 3.49. The lowest BCUT2D eigenvalue weighted by molar-refractivity contribution is 0.0898. The highest BCUT2D eigenvalue weighted by atomic mass is 35.5. The smallest absolute Gasteiger partial charge is 0.0233 e. The quantitative estimate of drug-likeness (QED) is 0.884. The number of hydrogen-bond donors (Lipinski definition) is 1. The average molecular weight is 364 g/mol. The van der Waals surface area contributed by atoms with Crippen LogP contribution in [0.5, 0.6) is 0 Å². The van der Waals surface area contributed by atoms with Gasteiger partial charge in [0.2, 0.25) is 0 Å². The topological polar surface area (TPSA) is 18.5 Å². The van der Waals surface area contributed by atoms with Crippen LogP contribution in [0.15, 0.2) is 30.3 Å². The molecule has 0 saturated carbocycles. The third-order valence-corrected chi connectivity index (χ3v) is 6.66. The fraction of sp³-hybridized carbons (Fsp3) is 0.714. The number of benzene rings is 1. The first-order valence-electron chi connectivity index (χ1n) is 10.0. The third kappa shape index (κ3) is 4.97. The van der Waals surface area contributed by atoms with Crippen molar-refractivity contribution in [2.75, 3.05) is 45.8 Å². The van der Waals surface area contributed by atoms with E-state index in [4.69, 9.17) is 0 Å². The lowest BCUT2D eigenvalue weighted by Gasteiger charge is -2.41. The lowest BCUT2D eigenvalue weighted by Crippen LogP contribution is -2.44. The maximum absolute atomic E-state index is 3.49. The van der Waals surface area contributed by atoms with Crippen molar-refractivity contribution in [1.29, 1.82) is 0 Å². The Hall–Kier alpha value is -0.610. The van der Waals surface area contributed by atoms with Crippen molar-refractivity contribution in [1.82, 2.24) is 15.1 Å². The molecule has 1 N–H and O–H groups in total. The number of likely N-dealkylation sites (tertiary alicyclic amines) is 2. The zero-order valence-corrected chi connectivity index (χ0v) is 16.3. The molecule has 25 heavy (non-hydrogen) atoms. The summed E-state index contributed by atoms with van der Waals surface area (Å²) in [6, 6.07) is 11.0. The van der Waals surface area contributed by atoms with Gasteiger partial charge >= 0.3 is 0 Å². The summed E-state index contributed by atoms with van der Waals surface area (Å²) >= 11 is 0. The number of hydrogen-bond acceptors (Lipinski definition) is 3. The molecule has 1 spiro atoms. The number of piperidine rings is 2. The molecule has 3 aliphatic rings. The van der Waals surface area contributed by atoms with Crippen LogP contribution in [0.4, 0.5) is 0 Å². The summed E-state index contributed by atoms with van der Waals surface area (Å²) in [6.45, 7) is 10.2. The van der Waals surface area contributed by atoms with Gasteiger partial charge in [-0.1, -0.05) is 30.3 Å². The van der Waals surface area contributed by atoms with E-state index in [-0.39, 0.29) is 12.4 Å². The van der Waals surface area contributed by atoms with E-state index in [1.54, 1.807) is 0 Å². The predicted molar refractivity (Wildman–Crippen MR) is 107 cm³/mol. The van der Waals surface area contributed by atoms with Crippen molar-refractivity contribution in [2.24, 2.45) is 11.3 Å². The second-order valence-electron chi connectivity index (χ2n) is 8.44. The van der Waals surface area contributed by atoms with Crippen LogP contribution in [0.3, 0.4) is 0 Å². The monoisotopic (exact) mass is 363 g/mol. The van der Waals surface area contributed by atoms with E-state index in [2.05, 4.69) is 45.4 Å². The van der Waals surface area contributed by atoms with Crippen molar-refractivity contribution in [3.05, 3.63) is 35.9 Å². The van der Waals surface area contributed by atoms with Crippen LogP contribution in [-0.2, 0) is 6.54 Å². The van der Waals surface area contributed by atoms with Crippen LogP contribution < -0.4 is 5.32 Å². The normalized spacial score (nSPS) is 25.1. The number of halogens is 1. The molecule has 3 heterocycles. The molecule has 0 bridgehead atoms. The summed E-state index contributed by atoms with van der Waals surface area (Å²) in [5, 5.41) is 3.49. The SMILES string of the molecule is Cl.c1ccc(CN2CCC3(CCN(CC4CCNCC4)CC3)C2)cc1. The van der Waals surface area contributed by atoms with Gasteiger partial charge in [-0.15, -0.1) is 12.4 Å². The van der Waals surface area contributed by atoms with Gasteiger partial charge in [-0.2, -0.15) is 0 Å². The summed E-state index contributed by atoms with van der Waals surface area (Å²) in [7, 11) is 0. The highest BCUT2D eigenvalue weighted by molar-refractivity contribution is 5.85. The molecule has 0 unspecified atom stereocenters. The maximum Gasteiger partial charge on any atom is 0.0233 e. The summed E-state index contributed by atoms with van der Waals surface area (Å²) in [5.41, 5.74) is 2.09. The van der Waals surface area contributed by atoms with E-state index < -0.39 is 0 Å². The molecule has 0 amide bonds.